The van der Waals surface area contributed by atoms with E-state index < -0.39 is 0 Å². The van der Waals surface area contributed by atoms with Crippen LogP contribution in [0.2, 0.25) is 1.41 Å². The van der Waals surface area contributed by atoms with Gasteiger partial charge in [-0.25, -0.2) is 0 Å². The first-order chi connectivity index (χ1) is 3.54. The minimum atomic E-state index is -0.248. The zero-order valence-corrected chi connectivity index (χ0v) is 4.56. The fourth-order valence-electron chi connectivity index (χ4n) is 0.460. The van der Waals surface area contributed by atoms with Crippen LogP contribution in [0.5, 0.6) is 0 Å². The van der Waals surface area contributed by atoms with E-state index in [0.717, 1.165) is 5.31 Å². The number of amides is 1. The molecule has 0 aromatic rings. The fourth-order valence-corrected chi connectivity index (χ4v) is 0.460. The predicted molar refractivity (Wildman–Crippen MR) is 26.8 cm³/mol. The lowest BCUT2D eigenvalue weighted by atomic mass is 9.86. The van der Waals surface area contributed by atoms with Crippen molar-refractivity contribution in [2.45, 2.75) is 13.8 Å². The molecule has 0 unspecified atom stereocenters. The highest BCUT2D eigenvalue weighted by atomic mass is 16.2. The molecule has 0 saturated carbocycles. The Morgan fingerprint density at radius 2 is 2.57 bits per heavy atom. The number of hydrogen-bond donors (Lipinski definition) is 1. The van der Waals surface area contributed by atoms with Gasteiger partial charge in [0, 0.05) is 6.54 Å². The van der Waals surface area contributed by atoms with Crippen LogP contribution in [0.15, 0.2) is 0 Å². The van der Waals surface area contributed by atoms with Gasteiger partial charge in [0.1, 0.15) is 0 Å². The Morgan fingerprint density at radius 1 is 2.00 bits per heavy atom. The van der Waals surface area contributed by atoms with Crippen molar-refractivity contribution in [3.63, 3.8) is 0 Å². The van der Waals surface area contributed by atoms with Gasteiger partial charge in [0.25, 0.3) is 0 Å². The molecule has 0 aliphatic carbocycles. The van der Waals surface area contributed by atoms with Crippen molar-refractivity contribution in [3.8, 4) is 0 Å². The Hall–Kier alpha value is -0.530. The van der Waals surface area contributed by atoms with Crippen molar-refractivity contribution in [1.29, 1.82) is 0 Å². The van der Waals surface area contributed by atoms with E-state index in [1.165, 1.54) is 0 Å². The summed E-state index contributed by atoms with van der Waals surface area (Å²) < 4.78 is 6.86. The molecule has 0 radical (unpaired) electrons. The Bertz CT molecular complexity index is 132. The fraction of sp³-hybridized carbons (Fsp3) is 0.800. The third kappa shape index (κ3) is 0.501. The molecular weight excluding hydrogens is 90.1 g/mol. The normalized spacial score (nSPS) is 29.1. The van der Waals surface area contributed by atoms with Crippen LogP contribution in [0.3, 0.4) is 0 Å². The molecule has 7 heavy (non-hydrogen) atoms. The van der Waals surface area contributed by atoms with Gasteiger partial charge in [-0.05, 0) is 13.8 Å². The predicted octanol–water partition coefficient (Wildman–Crippen LogP) is 0.142. The molecule has 0 aromatic heterocycles. The second-order valence-corrected chi connectivity index (χ2v) is 2.51. The molecule has 1 heterocycles. The molecule has 0 bridgehead atoms. The van der Waals surface area contributed by atoms with Gasteiger partial charge in [-0.3, -0.25) is 4.79 Å². The van der Waals surface area contributed by atoms with E-state index in [1.807, 2.05) is 13.8 Å². The standard InChI is InChI=1S/C5H9NO/c1-5(2)3-6-4(5)7/h3H2,1-2H3,(H,6,7)/i/hD. The summed E-state index contributed by atoms with van der Waals surface area (Å²) in [6.07, 6.45) is 0. The van der Waals surface area contributed by atoms with Crippen LogP contribution >= 0.6 is 0 Å². The van der Waals surface area contributed by atoms with E-state index >= 15 is 0 Å². The number of nitrogens with one attached hydrogen (secondary N) is 1. The van der Waals surface area contributed by atoms with Gasteiger partial charge in [-0.2, -0.15) is 0 Å². The topological polar surface area (TPSA) is 29.1 Å². The molecule has 1 amide bonds. The van der Waals surface area contributed by atoms with Gasteiger partial charge in [-0.15, -0.1) is 0 Å². The van der Waals surface area contributed by atoms with Crippen LogP contribution in [0, 0.1) is 5.41 Å². The summed E-state index contributed by atoms with van der Waals surface area (Å²) in [6, 6.07) is 0. The lowest BCUT2D eigenvalue weighted by Crippen LogP contribution is -2.55. The molecule has 2 nitrogen and oxygen atoms in total. The summed E-state index contributed by atoms with van der Waals surface area (Å²) in [5, 5.41) is 0.986. The first kappa shape index (κ1) is 3.47. The third-order valence-electron chi connectivity index (χ3n) is 1.20. The van der Waals surface area contributed by atoms with Crippen molar-refractivity contribution >= 4 is 5.91 Å². The Labute approximate surface area is 44.4 Å². The maximum Gasteiger partial charge on any atom is 0.227 e. The van der Waals surface area contributed by atoms with E-state index in [-0.39, 0.29) is 11.3 Å². The molecule has 0 spiro atoms. The molecular formula is C5H9NO. The quantitative estimate of drug-likeness (QED) is 0.431. The van der Waals surface area contributed by atoms with E-state index in [1.54, 1.807) is 0 Å². The van der Waals surface area contributed by atoms with Crippen LogP contribution in [-0.4, -0.2) is 12.5 Å². The molecule has 1 fully saturated rings. The molecule has 1 N–H and O–H groups in total. The van der Waals surface area contributed by atoms with Crippen LogP contribution < -0.4 is 5.31 Å². The van der Waals surface area contributed by atoms with Crippen molar-refractivity contribution in [2.24, 2.45) is 5.41 Å². The van der Waals surface area contributed by atoms with Crippen LogP contribution in [-0.2, 0) is 4.79 Å². The van der Waals surface area contributed by atoms with Crippen LogP contribution in [0.25, 0.3) is 0 Å². The highest BCUT2D eigenvalue weighted by Crippen LogP contribution is 2.20. The Morgan fingerprint density at radius 3 is 2.57 bits per heavy atom. The number of hydrogen-bond acceptors (Lipinski definition) is 1. The van der Waals surface area contributed by atoms with Gasteiger partial charge in [0.2, 0.25) is 5.91 Å². The molecule has 0 atom stereocenters. The van der Waals surface area contributed by atoms with Crippen molar-refractivity contribution in [1.82, 2.24) is 5.31 Å². The van der Waals surface area contributed by atoms with Crippen LogP contribution in [0.1, 0.15) is 13.8 Å². The molecule has 2 heteroatoms. The van der Waals surface area contributed by atoms with E-state index in [9.17, 15) is 4.79 Å². The third-order valence-corrected chi connectivity index (χ3v) is 1.20. The zero-order valence-electron chi connectivity index (χ0n) is 5.56. The maximum absolute atomic E-state index is 10.6. The summed E-state index contributed by atoms with van der Waals surface area (Å²) in [4.78, 5) is 10.6. The monoisotopic (exact) mass is 100 g/mol. The second kappa shape index (κ2) is 0.997. The van der Waals surface area contributed by atoms with Gasteiger partial charge in [0.05, 0.1) is 5.41 Å². The second-order valence-electron chi connectivity index (χ2n) is 2.51. The zero-order chi connectivity index (χ0) is 6.36. The van der Waals surface area contributed by atoms with Crippen LogP contribution in [0.4, 0.5) is 0 Å². The smallest absolute Gasteiger partial charge is 0.227 e. The Kier molecular flexibility index (Phi) is 0.494. The highest BCUT2D eigenvalue weighted by Gasteiger charge is 2.35. The first-order valence-corrected chi connectivity index (χ1v) is 2.35. The molecule has 0 aromatic carbocycles. The molecule has 1 rings (SSSR count). The lowest BCUT2D eigenvalue weighted by Gasteiger charge is -2.33. The molecule has 1 aliphatic heterocycles. The summed E-state index contributed by atoms with van der Waals surface area (Å²) in [5.41, 5.74) is -0.248. The highest BCUT2D eigenvalue weighted by molar-refractivity contribution is 5.87. The summed E-state index contributed by atoms with van der Waals surface area (Å²) in [7, 11) is 0. The first-order valence-electron chi connectivity index (χ1n) is 2.79. The average molecular weight is 100 g/mol. The number of carbonyl (C=O) groups excluding carboxylic acids is 1. The van der Waals surface area contributed by atoms with Crippen molar-refractivity contribution in [3.05, 3.63) is 0 Å². The molecule has 40 valence electrons. The van der Waals surface area contributed by atoms with E-state index in [2.05, 4.69) is 0 Å². The minimum absolute atomic E-state index is 0.0718. The van der Waals surface area contributed by atoms with E-state index in [4.69, 9.17) is 1.41 Å². The SMILES string of the molecule is [2H]N1CC(C)(C)C1=O. The number of β-lactam (4-membered cyclic amide) rings is 1. The summed E-state index contributed by atoms with van der Waals surface area (Å²) in [6.45, 7) is 4.27. The maximum atomic E-state index is 10.6. The van der Waals surface area contributed by atoms with Crippen molar-refractivity contribution < 1.29 is 6.21 Å². The average Bonchev–Trinajstić information content (AvgIpc) is 1.65. The van der Waals surface area contributed by atoms with Crippen molar-refractivity contribution in [2.75, 3.05) is 6.54 Å². The lowest BCUT2D eigenvalue weighted by molar-refractivity contribution is -0.137. The van der Waals surface area contributed by atoms with Gasteiger partial charge in [0.15, 0.2) is 1.41 Å². The van der Waals surface area contributed by atoms with Gasteiger partial charge >= 0.3 is 0 Å². The van der Waals surface area contributed by atoms with Gasteiger partial charge < -0.3 is 5.31 Å². The minimum Gasteiger partial charge on any atom is -0.355 e. The molecule has 1 aliphatic rings. The number of carbonyl (C=O) groups is 1. The largest absolute Gasteiger partial charge is 0.355 e. The number of rotatable bonds is 0. The summed E-state index contributed by atoms with van der Waals surface area (Å²) >= 11 is 0. The summed E-state index contributed by atoms with van der Waals surface area (Å²) in [5.74, 6) is -0.0718. The van der Waals surface area contributed by atoms with Gasteiger partial charge in [-0.1, -0.05) is 0 Å². The Balaban J connectivity index is 2.61. The van der Waals surface area contributed by atoms with E-state index in [0.29, 0.717) is 6.54 Å². The molecule has 1 saturated heterocycles.